The van der Waals surface area contributed by atoms with E-state index in [-0.39, 0.29) is 11.8 Å². The Kier molecular flexibility index (Phi) is 5.97. The third-order valence-electron chi connectivity index (χ3n) is 3.52. The molecule has 0 aromatic carbocycles. The summed E-state index contributed by atoms with van der Waals surface area (Å²) in [5, 5.41) is 16.7. The van der Waals surface area contributed by atoms with Crippen LogP contribution >= 0.6 is 11.3 Å². The lowest BCUT2D eigenvalue weighted by molar-refractivity contribution is -0.122. The van der Waals surface area contributed by atoms with Gasteiger partial charge < -0.3 is 15.2 Å². The van der Waals surface area contributed by atoms with Crippen molar-refractivity contribution in [2.45, 2.75) is 18.9 Å². The molecular formula is C14H22N2O3S. The van der Waals surface area contributed by atoms with E-state index in [9.17, 15) is 9.90 Å². The zero-order valence-corrected chi connectivity index (χ0v) is 12.6. The van der Waals surface area contributed by atoms with Crippen LogP contribution in [0.3, 0.4) is 0 Å². The van der Waals surface area contributed by atoms with Gasteiger partial charge >= 0.3 is 0 Å². The van der Waals surface area contributed by atoms with Crippen molar-refractivity contribution in [3.8, 4) is 0 Å². The maximum Gasteiger partial charge on any atom is 0.227 e. The van der Waals surface area contributed by atoms with E-state index < -0.39 is 6.10 Å². The van der Waals surface area contributed by atoms with Gasteiger partial charge in [-0.25, -0.2) is 0 Å². The number of thiophene rings is 1. The second kappa shape index (κ2) is 7.73. The molecule has 1 amide bonds. The van der Waals surface area contributed by atoms with Gasteiger partial charge in [0.1, 0.15) is 0 Å². The monoisotopic (exact) mass is 298 g/mol. The predicted octanol–water partition coefficient (Wildman–Crippen LogP) is 0.661. The Bertz CT molecular complexity index is 405. The Hall–Kier alpha value is -0.950. The van der Waals surface area contributed by atoms with Crippen LogP contribution in [0.2, 0.25) is 0 Å². The summed E-state index contributed by atoms with van der Waals surface area (Å²) in [5.74, 6) is -0.207. The Morgan fingerprint density at radius 2 is 2.30 bits per heavy atom. The van der Waals surface area contributed by atoms with Gasteiger partial charge in [0, 0.05) is 26.2 Å². The van der Waals surface area contributed by atoms with Crippen LogP contribution in [-0.2, 0) is 9.53 Å². The molecule has 0 bridgehead atoms. The van der Waals surface area contributed by atoms with Gasteiger partial charge in [-0.05, 0) is 29.3 Å². The number of rotatable bonds is 6. The van der Waals surface area contributed by atoms with Gasteiger partial charge in [0.25, 0.3) is 0 Å². The Labute approximate surface area is 123 Å². The predicted molar refractivity (Wildman–Crippen MR) is 79.0 cm³/mol. The molecule has 0 saturated carbocycles. The molecule has 5 nitrogen and oxygen atoms in total. The number of carbonyl (C=O) groups is 1. The number of morpholine rings is 1. The Morgan fingerprint density at radius 3 is 2.95 bits per heavy atom. The first kappa shape index (κ1) is 15.4. The van der Waals surface area contributed by atoms with Crippen molar-refractivity contribution < 1.29 is 14.6 Å². The van der Waals surface area contributed by atoms with E-state index in [4.69, 9.17) is 4.74 Å². The number of hydrogen-bond acceptors (Lipinski definition) is 5. The fourth-order valence-electron chi connectivity index (χ4n) is 2.19. The number of nitrogens with one attached hydrogen (secondary N) is 1. The molecule has 112 valence electrons. The molecule has 2 N–H and O–H groups in total. The number of β-amino-alcohol motifs (C(OH)–C–C–N with tert-alkyl or cyclic N) is 1. The lowest BCUT2D eigenvalue weighted by Crippen LogP contribution is -2.45. The first-order chi connectivity index (χ1) is 9.66. The van der Waals surface area contributed by atoms with E-state index in [1.165, 1.54) is 0 Å². The van der Waals surface area contributed by atoms with Gasteiger partial charge in [-0.1, -0.05) is 0 Å². The molecule has 2 atom stereocenters. The van der Waals surface area contributed by atoms with Crippen LogP contribution in [0.4, 0.5) is 0 Å². The first-order valence-electron chi connectivity index (χ1n) is 6.95. The number of ether oxygens (including phenoxy) is 1. The lowest BCUT2D eigenvalue weighted by atomic mass is 10.0. The average molecular weight is 298 g/mol. The number of carbonyl (C=O) groups excluding carboxylic acids is 1. The normalized spacial score (nSPS) is 19.5. The van der Waals surface area contributed by atoms with E-state index in [0.717, 1.165) is 18.7 Å². The third kappa shape index (κ3) is 4.56. The number of nitrogens with zero attached hydrogens (tertiary/aromatic N) is 1. The molecular weight excluding hydrogens is 276 g/mol. The molecule has 2 rings (SSSR count). The number of hydrogen-bond donors (Lipinski definition) is 2. The van der Waals surface area contributed by atoms with Crippen molar-refractivity contribution in [1.82, 2.24) is 10.2 Å². The van der Waals surface area contributed by atoms with Gasteiger partial charge in [-0.15, -0.1) is 0 Å². The van der Waals surface area contributed by atoms with Crippen molar-refractivity contribution in [3.63, 3.8) is 0 Å². The summed E-state index contributed by atoms with van der Waals surface area (Å²) in [6.07, 6.45) is -0.535. The van der Waals surface area contributed by atoms with Gasteiger partial charge in [0.05, 0.1) is 25.2 Å². The minimum Gasteiger partial charge on any atom is -0.390 e. The SMILES string of the molecule is CC(C(=O)NCC(O)CN1CCOCC1)c1ccsc1. The lowest BCUT2D eigenvalue weighted by Gasteiger charge is -2.28. The van der Waals surface area contributed by atoms with Crippen molar-refractivity contribution in [1.29, 1.82) is 0 Å². The van der Waals surface area contributed by atoms with Crippen LogP contribution in [0, 0.1) is 0 Å². The van der Waals surface area contributed by atoms with Crippen LogP contribution < -0.4 is 5.32 Å². The molecule has 1 aliphatic rings. The molecule has 2 unspecified atom stereocenters. The van der Waals surface area contributed by atoms with Gasteiger partial charge in [0.2, 0.25) is 5.91 Å². The summed E-state index contributed by atoms with van der Waals surface area (Å²) in [7, 11) is 0. The Morgan fingerprint density at radius 1 is 1.55 bits per heavy atom. The molecule has 1 saturated heterocycles. The maximum absolute atomic E-state index is 12.0. The second-order valence-corrected chi connectivity index (χ2v) is 5.87. The van der Waals surface area contributed by atoms with Crippen LogP contribution in [-0.4, -0.2) is 61.4 Å². The van der Waals surface area contributed by atoms with Crippen molar-refractivity contribution in [3.05, 3.63) is 22.4 Å². The molecule has 1 fully saturated rings. The fraction of sp³-hybridized carbons (Fsp3) is 0.643. The van der Waals surface area contributed by atoms with E-state index in [1.807, 2.05) is 23.8 Å². The van der Waals surface area contributed by atoms with Crippen molar-refractivity contribution in [2.75, 3.05) is 39.4 Å². The number of aliphatic hydroxyl groups excluding tert-OH is 1. The summed E-state index contributed by atoms with van der Waals surface area (Å²) >= 11 is 1.59. The van der Waals surface area contributed by atoms with E-state index >= 15 is 0 Å². The molecule has 0 radical (unpaired) electrons. The summed E-state index contributed by atoms with van der Waals surface area (Å²) in [6, 6.07) is 1.96. The Balaban J connectivity index is 1.69. The molecule has 1 aromatic rings. The summed E-state index contributed by atoms with van der Waals surface area (Å²) < 4.78 is 5.26. The molecule has 1 aliphatic heterocycles. The van der Waals surface area contributed by atoms with Crippen LogP contribution in [0.5, 0.6) is 0 Å². The second-order valence-electron chi connectivity index (χ2n) is 5.09. The molecule has 0 spiro atoms. The molecule has 2 heterocycles. The van der Waals surface area contributed by atoms with Crippen molar-refractivity contribution >= 4 is 17.2 Å². The van der Waals surface area contributed by atoms with Crippen LogP contribution in [0.25, 0.3) is 0 Å². The zero-order chi connectivity index (χ0) is 14.4. The molecule has 6 heteroatoms. The first-order valence-corrected chi connectivity index (χ1v) is 7.89. The summed E-state index contributed by atoms with van der Waals surface area (Å²) in [6.45, 7) is 5.88. The number of amides is 1. The largest absolute Gasteiger partial charge is 0.390 e. The summed E-state index contributed by atoms with van der Waals surface area (Å²) in [4.78, 5) is 14.1. The average Bonchev–Trinajstić information content (AvgIpc) is 2.99. The van der Waals surface area contributed by atoms with E-state index in [0.29, 0.717) is 26.3 Å². The van der Waals surface area contributed by atoms with Crippen LogP contribution in [0.1, 0.15) is 18.4 Å². The zero-order valence-electron chi connectivity index (χ0n) is 11.7. The topological polar surface area (TPSA) is 61.8 Å². The highest BCUT2D eigenvalue weighted by Gasteiger charge is 2.18. The molecule has 20 heavy (non-hydrogen) atoms. The fourth-order valence-corrected chi connectivity index (χ4v) is 2.94. The third-order valence-corrected chi connectivity index (χ3v) is 4.22. The van der Waals surface area contributed by atoms with Gasteiger partial charge in [-0.2, -0.15) is 11.3 Å². The highest BCUT2D eigenvalue weighted by atomic mass is 32.1. The maximum atomic E-state index is 12.0. The number of aliphatic hydroxyl groups is 1. The van der Waals surface area contributed by atoms with Crippen LogP contribution in [0.15, 0.2) is 16.8 Å². The highest BCUT2D eigenvalue weighted by molar-refractivity contribution is 7.08. The smallest absolute Gasteiger partial charge is 0.227 e. The van der Waals surface area contributed by atoms with E-state index in [2.05, 4.69) is 10.2 Å². The molecule has 0 aliphatic carbocycles. The minimum absolute atomic E-state index is 0.0376. The van der Waals surface area contributed by atoms with E-state index in [1.54, 1.807) is 11.3 Å². The van der Waals surface area contributed by atoms with Gasteiger partial charge in [0.15, 0.2) is 0 Å². The highest BCUT2D eigenvalue weighted by Crippen LogP contribution is 2.17. The quantitative estimate of drug-likeness (QED) is 0.810. The molecule has 1 aromatic heterocycles. The van der Waals surface area contributed by atoms with Crippen molar-refractivity contribution in [2.24, 2.45) is 0 Å². The van der Waals surface area contributed by atoms with Gasteiger partial charge in [-0.3, -0.25) is 9.69 Å². The summed E-state index contributed by atoms with van der Waals surface area (Å²) in [5.41, 5.74) is 1.02. The minimum atomic E-state index is -0.535. The standard InChI is InChI=1S/C14H22N2O3S/c1-11(12-2-7-20-10-12)14(18)15-8-13(17)9-16-3-5-19-6-4-16/h2,7,10-11,13,17H,3-6,8-9H2,1H3,(H,15,18).